The van der Waals surface area contributed by atoms with E-state index in [9.17, 15) is 5.11 Å². The minimum absolute atomic E-state index is 0.436. The lowest BCUT2D eigenvalue weighted by molar-refractivity contribution is 0.0181. The van der Waals surface area contributed by atoms with Crippen molar-refractivity contribution in [2.24, 2.45) is 23.2 Å². The third-order valence-electron chi connectivity index (χ3n) is 8.41. The minimum atomic E-state index is 0.436. The van der Waals surface area contributed by atoms with E-state index in [0.29, 0.717) is 17.2 Å². The van der Waals surface area contributed by atoms with Gasteiger partial charge in [0.15, 0.2) is 0 Å². The van der Waals surface area contributed by atoms with E-state index < -0.39 is 0 Å². The molecule has 2 fully saturated rings. The summed E-state index contributed by atoms with van der Waals surface area (Å²) in [6, 6.07) is 6.77. The van der Waals surface area contributed by atoms with Gasteiger partial charge in [-0.05, 0) is 112 Å². The van der Waals surface area contributed by atoms with Gasteiger partial charge in [0.2, 0.25) is 0 Å². The summed E-state index contributed by atoms with van der Waals surface area (Å²) in [7, 11) is 4.31. The zero-order valence-electron chi connectivity index (χ0n) is 17.7. The third kappa shape index (κ3) is 3.42. The molecule has 27 heavy (non-hydrogen) atoms. The van der Waals surface area contributed by atoms with Crippen LogP contribution in [0.3, 0.4) is 0 Å². The number of hydrogen-bond acceptors (Lipinski definition) is 3. The number of aryl methyl sites for hydroxylation is 1. The molecule has 0 bridgehead atoms. The quantitative estimate of drug-likeness (QED) is 0.806. The lowest BCUT2D eigenvalue weighted by Crippen LogP contribution is -2.48. The normalized spacial score (nSPS) is 36.2. The van der Waals surface area contributed by atoms with Gasteiger partial charge in [-0.1, -0.05) is 13.0 Å². The van der Waals surface area contributed by atoms with Gasteiger partial charge in [0.1, 0.15) is 5.75 Å². The van der Waals surface area contributed by atoms with Crippen LogP contribution < -0.4 is 5.32 Å². The van der Waals surface area contributed by atoms with Crippen LogP contribution in [-0.2, 0) is 6.42 Å². The van der Waals surface area contributed by atoms with Crippen molar-refractivity contribution in [3.63, 3.8) is 0 Å². The SMILES string of the molecule is C[C@H](NCCN(C)C)[C@H]1CC[C@H]2[C@H]3CCc4cc(O)ccc4[C@@H]3CC[C@]12C. The van der Waals surface area contributed by atoms with E-state index in [-0.39, 0.29) is 0 Å². The van der Waals surface area contributed by atoms with Crippen molar-refractivity contribution in [1.29, 1.82) is 0 Å². The van der Waals surface area contributed by atoms with E-state index in [2.05, 4.69) is 44.2 Å². The van der Waals surface area contributed by atoms with Crippen LogP contribution in [0.15, 0.2) is 18.2 Å². The Morgan fingerprint density at radius 3 is 2.81 bits per heavy atom. The van der Waals surface area contributed by atoms with E-state index in [1.165, 1.54) is 37.7 Å². The van der Waals surface area contributed by atoms with Crippen molar-refractivity contribution in [2.75, 3.05) is 27.2 Å². The smallest absolute Gasteiger partial charge is 0.115 e. The average molecular weight is 371 g/mol. The highest BCUT2D eigenvalue weighted by Crippen LogP contribution is 2.63. The maximum atomic E-state index is 9.87. The van der Waals surface area contributed by atoms with Crippen molar-refractivity contribution >= 4 is 0 Å². The number of hydrogen-bond donors (Lipinski definition) is 2. The number of nitrogens with zero attached hydrogens (tertiary/aromatic N) is 1. The molecule has 0 spiro atoms. The van der Waals surface area contributed by atoms with Crippen LogP contribution in [0.5, 0.6) is 5.75 Å². The molecule has 0 amide bonds. The number of aromatic hydroxyl groups is 1. The molecule has 0 aliphatic heterocycles. The van der Waals surface area contributed by atoms with Crippen LogP contribution in [0.1, 0.15) is 63.0 Å². The van der Waals surface area contributed by atoms with Gasteiger partial charge in [-0.2, -0.15) is 0 Å². The van der Waals surface area contributed by atoms with E-state index in [1.807, 2.05) is 12.1 Å². The Bertz CT molecular complexity index is 672. The van der Waals surface area contributed by atoms with E-state index in [4.69, 9.17) is 0 Å². The van der Waals surface area contributed by atoms with Gasteiger partial charge in [-0.15, -0.1) is 0 Å². The molecule has 3 nitrogen and oxygen atoms in total. The molecule has 2 N–H and O–H groups in total. The zero-order chi connectivity index (χ0) is 19.2. The lowest BCUT2D eigenvalue weighted by Gasteiger charge is -2.52. The predicted octanol–water partition coefficient (Wildman–Crippen LogP) is 4.40. The number of benzene rings is 1. The number of fused-ring (bicyclic) bond motifs is 5. The molecule has 0 saturated heterocycles. The van der Waals surface area contributed by atoms with Gasteiger partial charge >= 0.3 is 0 Å². The van der Waals surface area contributed by atoms with Gasteiger partial charge in [0.25, 0.3) is 0 Å². The van der Waals surface area contributed by atoms with Crippen LogP contribution in [0, 0.1) is 23.2 Å². The molecule has 2 saturated carbocycles. The summed E-state index contributed by atoms with van der Waals surface area (Å²) in [5.41, 5.74) is 3.46. The van der Waals surface area contributed by atoms with Gasteiger partial charge in [0.05, 0.1) is 0 Å². The summed E-state index contributed by atoms with van der Waals surface area (Å²) < 4.78 is 0. The molecule has 0 aromatic heterocycles. The standard InChI is InChI=1S/C24H38N2O/c1-16(25-13-14-26(3)4)22-9-10-23-21-7-5-17-15-18(27)6-8-19(17)20(21)11-12-24(22,23)2/h6,8,15-16,20-23,25,27H,5,7,9-14H2,1-4H3/t16-,20-,21-,22+,23-,24+/m0/s1. The number of likely N-dealkylation sites (N-methyl/N-ethyl adjacent to an activating group) is 1. The number of rotatable bonds is 5. The Morgan fingerprint density at radius 1 is 1.22 bits per heavy atom. The van der Waals surface area contributed by atoms with Crippen molar-refractivity contribution in [1.82, 2.24) is 10.2 Å². The molecule has 6 atom stereocenters. The van der Waals surface area contributed by atoms with Gasteiger partial charge < -0.3 is 15.3 Å². The van der Waals surface area contributed by atoms with Crippen molar-refractivity contribution in [3.8, 4) is 5.75 Å². The molecule has 1 aromatic rings. The summed E-state index contributed by atoms with van der Waals surface area (Å²) in [6.45, 7) is 7.25. The summed E-state index contributed by atoms with van der Waals surface area (Å²) >= 11 is 0. The van der Waals surface area contributed by atoms with Gasteiger partial charge in [-0.25, -0.2) is 0 Å². The average Bonchev–Trinajstić information content (AvgIpc) is 2.98. The van der Waals surface area contributed by atoms with Crippen LogP contribution in [0.25, 0.3) is 0 Å². The molecular formula is C24H38N2O. The van der Waals surface area contributed by atoms with Crippen molar-refractivity contribution in [3.05, 3.63) is 29.3 Å². The summed E-state index contributed by atoms with van der Waals surface area (Å²) in [6.07, 6.45) is 7.97. The molecule has 3 heteroatoms. The molecule has 0 radical (unpaired) electrons. The Morgan fingerprint density at radius 2 is 2.04 bits per heavy atom. The second kappa shape index (κ2) is 7.40. The summed E-state index contributed by atoms with van der Waals surface area (Å²) in [5, 5.41) is 13.7. The van der Waals surface area contributed by atoms with Crippen molar-refractivity contribution in [2.45, 2.75) is 64.3 Å². The van der Waals surface area contributed by atoms with Crippen LogP contribution in [0.4, 0.5) is 0 Å². The second-order valence-corrected chi connectivity index (χ2v) is 10.1. The Balaban J connectivity index is 1.49. The first kappa shape index (κ1) is 19.3. The second-order valence-electron chi connectivity index (χ2n) is 10.1. The molecule has 3 aliphatic carbocycles. The fraction of sp³-hybridized carbons (Fsp3) is 0.750. The van der Waals surface area contributed by atoms with E-state index in [0.717, 1.165) is 43.2 Å². The van der Waals surface area contributed by atoms with E-state index >= 15 is 0 Å². The van der Waals surface area contributed by atoms with Crippen molar-refractivity contribution < 1.29 is 5.11 Å². The van der Waals surface area contributed by atoms with Gasteiger partial charge in [0, 0.05) is 19.1 Å². The molecule has 0 heterocycles. The maximum Gasteiger partial charge on any atom is 0.115 e. The first-order chi connectivity index (χ1) is 12.9. The van der Waals surface area contributed by atoms with E-state index in [1.54, 1.807) is 5.56 Å². The largest absolute Gasteiger partial charge is 0.508 e. The minimum Gasteiger partial charge on any atom is -0.508 e. The maximum absolute atomic E-state index is 9.87. The van der Waals surface area contributed by atoms with Crippen LogP contribution in [0.2, 0.25) is 0 Å². The highest BCUT2D eigenvalue weighted by molar-refractivity contribution is 5.40. The first-order valence-corrected chi connectivity index (χ1v) is 11.1. The molecule has 3 aliphatic rings. The Kier molecular flexibility index (Phi) is 5.28. The number of phenolic OH excluding ortho intramolecular Hbond substituents is 1. The van der Waals surface area contributed by atoms with Gasteiger partial charge in [-0.3, -0.25) is 0 Å². The Labute approximate surface area is 165 Å². The molecule has 150 valence electrons. The Hall–Kier alpha value is -1.06. The zero-order valence-corrected chi connectivity index (χ0v) is 17.7. The fourth-order valence-electron chi connectivity index (χ4n) is 7.09. The summed E-state index contributed by atoms with van der Waals surface area (Å²) in [4.78, 5) is 2.27. The molecule has 0 unspecified atom stereocenters. The fourth-order valence-corrected chi connectivity index (χ4v) is 7.09. The summed E-state index contributed by atoms with van der Waals surface area (Å²) in [5.74, 6) is 3.70. The van der Waals surface area contributed by atoms with Crippen LogP contribution >= 0.6 is 0 Å². The molecule has 1 aromatic carbocycles. The molecular weight excluding hydrogens is 332 g/mol. The van der Waals surface area contributed by atoms with Crippen LogP contribution in [-0.4, -0.2) is 43.2 Å². The third-order valence-corrected chi connectivity index (χ3v) is 8.41. The number of phenols is 1. The molecule has 4 rings (SSSR count). The predicted molar refractivity (Wildman–Crippen MR) is 112 cm³/mol. The topological polar surface area (TPSA) is 35.5 Å². The lowest BCUT2D eigenvalue weighted by atomic mass is 9.53. The highest BCUT2D eigenvalue weighted by atomic mass is 16.3. The number of nitrogens with one attached hydrogen (secondary N) is 1. The highest BCUT2D eigenvalue weighted by Gasteiger charge is 2.55. The first-order valence-electron chi connectivity index (χ1n) is 11.1. The monoisotopic (exact) mass is 370 g/mol.